The van der Waals surface area contributed by atoms with E-state index in [1.807, 2.05) is 18.2 Å². The van der Waals surface area contributed by atoms with Gasteiger partial charge in [0.1, 0.15) is 11.6 Å². The number of nitrogens with two attached hydrogens (primary N) is 1. The summed E-state index contributed by atoms with van der Waals surface area (Å²) in [6, 6.07) is 5.80. The molecule has 0 aliphatic carbocycles. The lowest BCUT2D eigenvalue weighted by Crippen LogP contribution is -2.22. The van der Waals surface area contributed by atoms with E-state index in [2.05, 4.69) is 4.90 Å². The Morgan fingerprint density at radius 1 is 1.47 bits per heavy atom. The topological polar surface area (TPSA) is 71.6 Å². The number of hydrogen-bond donors (Lipinski definition) is 2. The van der Waals surface area contributed by atoms with Gasteiger partial charge in [0, 0.05) is 26.7 Å². The van der Waals surface area contributed by atoms with Gasteiger partial charge in [0.25, 0.3) is 0 Å². The summed E-state index contributed by atoms with van der Waals surface area (Å²) in [5.41, 5.74) is 7.32. The van der Waals surface area contributed by atoms with E-state index >= 15 is 0 Å². The molecular weight excluding hydrogens is 242 g/mol. The lowest BCUT2D eigenvalue weighted by Gasteiger charge is -2.17. The van der Waals surface area contributed by atoms with Crippen molar-refractivity contribution in [1.29, 1.82) is 5.41 Å². The molecule has 5 heteroatoms. The van der Waals surface area contributed by atoms with Gasteiger partial charge in [-0.25, -0.2) is 0 Å². The molecule has 2 rings (SSSR count). The summed E-state index contributed by atoms with van der Waals surface area (Å²) in [5.74, 6) is 0.691. The van der Waals surface area contributed by atoms with Gasteiger partial charge in [0.15, 0.2) is 0 Å². The molecule has 1 unspecified atom stereocenters. The molecule has 0 spiro atoms. The average Bonchev–Trinajstić information content (AvgIpc) is 2.86. The van der Waals surface area contributed by atoms with Gasteiger partial charge >= 0.3 is 0 Å². The number of rotatable bonds is 5. The van der Waals surface area contributed by atoms with Crippen LogP contribution in [-0.2, 0) is 11.3 Å². The fourth-order valence-electron chi connectivity index (χ4n) is 2.45. The van der Waals surface area contributed by atoms with Gasteiger partial charge in [0.2, 0.25) is 0 Å². The number of methoxy groups -OCH3 is 2. The van der Waals surface area contributed by atoms with Crippen LogP contribution in [0.1, 0.15) is 17.5 Å². The highest BCUT2D eigenvalue weighted by Gasteiger charge is 2.22. The maximum absolute atomic E-state index is 7.50. The molecule has 0 aromatic heterocycles. The first-order chi connectivity index (χ1) is 9.13. The molecule has 19 heavy (non-hydrogen) atoms. The molecule has 0 bridgehead atoms. The third-order valence-electron chi connectivity index (χ3n) is 3.52. The van der Waals surface area contributed by atoms with Gasteiger partial charge in [-0.2, -0.15) is 0 Å². The summed E-state index contributed by atoms with van der Waals surface area (Å²) in [7, 11) is 3.36. The highest BCUT2D eigenvalue weighted by Crippen LogP contribution is 2.22. The summed E-state index contributed by atoms with van der Waals surface area (Å²) in [6.07, 6.45) is 1.43. The van der Waals surface area contributed by atoms with Crippen LogP contribution in [0, 0.1) is 5.41 Å². The minimum absolute atomic E-state index is 0.0315. The molecular formula is C14H21N3O2. The Hall–Kier alpha value is -1.59. The van der Waals surface area contributed by atoms with E-state index in [0.717, 1.165) is 26.1 Å². The van der Waals surface area contributed by atoms with Gasteiger partial charge in [-0.15, -0.1) is 0 Å². The average molecular weight is 263 g/mol. The molecule has 1 fully saturated rings. The van der Waals surface area contributed by atoms with Crippen LogP contribution in [0.4, 0.5) is 0 Å². The Labute approximate surface area is 113 Å². The van der Waals surface area contributed by atoms with E-state index in [1.54, 1.807) is 14.2 Å². The molecule has 104 valence electrons. The summed E-state index contributed by atoms with van der Waals surface area (Å²) >= 11 is 0. The first-order valence-corrected chi connectivity index (χ1v) is 6.40. The van der Waals surface area contributed by atoms with E-state index in [-0.39, 0.29) is 5.84 Å². The molecule has 3 N–H and O–H groups in total. The molecule has 1 aliphatic rings. The second-order valence-electron chi connectivity index (χ2n) is 4.83. The van der Waals surface area contributed by atoms with Crippen molar-refractivity contribution < 1.29 is 9.47 Å². The lowest BCUT2D eigenvalue weighted by atomic mass is 10.1. The first kappa shape index (κ1) is 13.8. The normalized spacial score (nSPS) is 19.6. The molecule has 0 saturated carbocycles. The Balaban J connectivity index is 2.07. The van der Waals surface area contributed by atoms with Crippen LogP contribution in [0.5, 0.6) is 5.75 Å². The SMILES string of the molecule is COc1cc(CN2CCC(OC)C2)ccc1C(=N)N. The Bertz CT molecular complexity index is 462. The molecule has 0 radical (unpaired) electrons. The zero-order chi connectivity index (χ0) is 13.8. The van der Waals surface area contributed by atoms with Crippen molar-refractivity contribution in [3.8, 4) is 5.75 Å². The molecule has 1 saturated heterocycles. The quantitative estimate of drug-likeness (QED) is 0.618. The Morgan fingerprint density at radius 2 is 2.26 bits per heavy atom. The van der Waals surface area contributed by atoms with Crippen LogP contribution in [0.25, 0.3) is 0 Å². The van der Waals surface area contributed by atoms with Gasteiger partial charge in [-0.1, -0.05) is 6.07 Å². The number of hydrogen-bond acceptors (Lipinski definition) is 4. The standard InChI is InChI=1S/C14H21N3O2/c1-18-11-5-6-17(9-11)8-10-3-4-12(14(15)16)13(7-10)19-2/h3-4,7,11H,5-6,8-9H2,1-2H3,(H3,15,16). The Morgan fingerprint density at radius 3 is 2.84 bits per heavy atom. The van der Waals surface area contributed by atoms with Crippen LogP contribution in [0.2, 0.25) is 0 Å². The number of ether oxygens (including phenoxy) is 2. The maximum atomic E-state index is 7.50. The van der Waals surface area contributed by atoms with Gasteiger partial charge in [-0.3, -0.25) is 10.3 Å². The fourth-order valence-corrected chi connectivity index (χ4v) is 2.45. The first-order valence-electron chi connectivity index (χ1n) is 6.40. The van der Waals surface area contributed by atoms with Crippen molar-refractivity contribution in [2.24, 2.45) is 5.73 Å². The van der Waals surface area contributed by atoms with Crippen LogP contribution < -0.4 is 10.5 Å². The number of nitrogens with zero attached hydrogens (tertiary/aromatic N) is 1. The molecule has 1 heterocycles. The Kier molecular flexibility index (Phi) is 4.39. The van der Waals surface area contributed by atoms with Crippen molar-refractivity contribution in [2.75, 3.05) is 27.3 Å². The maximum Gasteiger partial charge on any atom is 0.130 e. The fraction of sp³-hybridized carbons (Fsp3) is 0.500. The van der Waals surface area contributed by atoms with Crippen molar-refractivity contribution in [2.45, 2.75) is 19.1 Å². The predicted octanol–water partition coefficient (Wildman–Crippen LogP) is 1.20. The van der Waals surface area contributed by atoms with E-state index in [0.29, 0.717) is 17.4 Å². The van der Waals surface area contributed by atoms with Crippen LogP contribution >= 0.6 is 0 Å². The minimum Gasteiger partial charge on any atom is -0.496 e. The lowest BCUT2D eigenvalue weighted by molar-refractivity contribution is 0.107. The number of benzene rings is 1. The highest BCUT2D eigenvalue weighted by atomic mass is 16.5. The largest absolute Gasteiger partial charge is 0.496 e. The third-order valence-corrected chi connectivity index (χ3v) is 3.52. The zero-order valence-electron chi connectivity index (χ0n) is 11.5. The molecule has 1 aromatic rings. The van der Waals surface area contributed by atoms with Crippen molar-refractivity contribution >= 4 is 5.84 Å². The number of nitrogens with one attached hydrogen (secondary N) is 1. The second-order valence-corrected chi connectivity index (χ2v) is 4.83. The van der Waals surface area contributed by atoms with Crippen molar-refractivity contribution in [1.82, 2.24) is 4.90 Å². The van der Waals surface area contributed by atoms with Gasteiger partial charge in [-0.05, 0) is 24.1 Å². The van der Waals surface area contributed by atoms with Crippen molar-refractivity contribution in [3.05, 3.63) is 29.3 Å². The number of nitrogen functional groups attached to an aromatic ring is 1. The zero-order valence-corrected chi connectivity index (χ0v) is 11.5. The van der Waals surface area contributed by atoms with Gasteiger partial charge in [0.05, 0.1) is 18.8 Å². The smallest absolute Gasteiger partial charge is 0.130 e. The summed E-state index contributed by atoms with van der Waals surface area (Å²) in [5, 5.41) is 7.50. The van der Waals surface area contributed by atoms with E-state index < -0.39 is 0 Å². The molecule has 0 amide bonds. The monoisotopic (exact) mass is 263 g/mol. The number of likely N-dealkylation sites (tertiary alicyclic amines) is 1. The second kappa shape index (κ2) is 6.04. The predicted molar refractivity (Wildman–Crippen MR) is 74.7 cm³/mol. The molecule has 1 aliphatic heterocycles. The summed E-state index contributed by atoms with van der Waals surface area (Å²) in [4.78, 5) is 2.36. The number of amidine groups is 1. The van der Waals surface area contributed by atoms with E-state index in [1.165, 1.54) is 5.56 Å². The summed E-state index contributed by atoms with van der Waals surface area (Å²) < 4.78 is 10.7. The summed E-state index contributed by atoms with van der Waals surface area (Å²) in [6.45, 7) is 2.89. The molecule has 1 atom stereocenters. The van der Waals surface area contributed by atoms with Crippen LogP contribution in [0.3, 0.4) is 0 Å². The van der Waals surface area contributed by atoms with Gasteiger partial charge < -0.3 is 15.2 Å². The molecule has 1 aromatic carbocycles. The third kappa shape index (κ3) is 3.24. The molecule has 5 nitrogen and oxygen atoms in total. The van der Waals surface area contributed by atoms with E-state index in [4.69, 9.17) is 20.6 Å². The minimum atomic E-state index is 0.0315. The highest BCUT2D eigenvalue weighted by molar-refractivity contribution is 5.97. The van der Waals surface area contributed by atoms with Crippen LogP contribution in [-0.4, -0.2) is 44.1 Å². The van der Waals surface area contributed by atoms with E-state index in [9.17, 15) is 0 Å². The van der Waals surface area contributed by atoms with Crippen molar-refractivity contribution in [3.63, 3.8) is 0 Å². The van der Waals surface area contributed by atoms with Crippen LogP contribution in [0.15, 0.2) is 18.2 Å².